The van der Waals surface area contributed by atoms with Gasteiger partial charge in [0.05, 0.1) is 28.5 Å². The first-order valence-electron chi connectivity index (χ1n) is 14.3. The fourth-order valence-corrected chi connectivity index (χ4v) is 6.27. The van der Waals surface area contributed by atoms with Gasteiger partial charge < -0.3 is 15.2 Å². The van der Waals surface area contributed by atoms with Crippen LogP contribution in [0.2, 0.25) is 0 Å². The van der Waals surface area contributed by atoms with Crippen LogP contribution in [0.25, 0.3) is 28.1 Å². The molecule has 5 aromatic rings. The molecule has 7 rings (SSSR count). The van der Waals surface area contributed by atoms with Gasteiger partial charge in [0.2, 0.25) is 11.8 Å². The van der Waals surface area contributed by atoms with Gasteiger partial charge >= 0.3 is 0 Å². The number of aromatic nitrogens is 5. The molecular weight excluding hydrogens is 552 g/mol. The lowest BCUT2D eigenvalue weighted by Crippen LogP contribution is -2.52. The smallest absolute Gasteiger partial charge is 0.251 e. The first-order chi connectivity index (χ1) is 20.8. The van der Waals surface area contributed by atoms with E-state index < -0.39 is 42.5 Å². The van der Waals surface area contributed by atoms with Crippen LogP contribution in [0.1, 0.15) is 40.9 Å². The number of carbonyl (C=O) groups excluding carboxylic acids is 2. The number of rotatable bonds is 5. The number of anilines is 1. The third-order valence-corrected chi connectivity index (χ3v) is 8.38. The Labute approximate surface area is 246 Å². The molecule has 0 unspecified atom stereocenters. The standard InChI is InChI=1S/C32H29F2N7O2/c1-19-11-17-41(39-19)21-8-6-20(7-9-21)30(42)38-26-10-13-32(33,34)18-24(26)31(43)40-16-12-23-27(29-35-14-15-36-29)37-25-5-3-2-4-22(25)28(23)40/h2-9,11,14-15,17,24,26H,10,12-13,16,18H2,1H3,(H,35,36)(H,38,42)/t24-,26-/m1/s1. The molecule has 1 aliphatic heterocycles. The Kier molecular flexibility index (Phi) is 6.52. The van der Waals surface area contributed by atoms with Gasteiger partial charge in [-0.3, -0.25) is 9.59 Å². The zero-order valence-corrected chi connectivity index (χ0v) is 23.4. The third kappa shape index (κ3) is 4.94. The van der Waals surface area contributed by atoms with E-state index in [0.717, 1.165) is 22.3 Å². The molecule has 3 aromatic heterocycles. The SMILES string of the molecule is Cc1ccn(-c2ccc(C(=O)N[C@@H]3CCC(F)(F)C[C@H]3C(=O)N3CCc4c(-c5ncc[nH]5)nc5ccccc5c43)cc2)n1. The number of benzene rings is 2. The zero-order chi connectivity index (χ0) is 29.7. The van der Waals surface area contributed by atoms with E-state index in [4.69, 9.17) is 4.98 Å². The topological polar surface area (TPSA) is 109 Å². The molecule has 2 N–H and O–H groups in total. The van der Waals surface area contributed by atoms with Crippen molar-refractivity contribution in [2.24, 2.45) is 5.92 Å². The normalized spacial score (nSPS) is 19.4. The maximum absolute atomic E-state index is 14.8. The second kappa shape index (κ2) is 10.4. The van der Waals surface area contributed by atoms with E-state index in [1.54, 1.807) is 46.2 Å². The molecule has 0 saturated heterocycles. The van der Waals surface area contributed by atoms with Gasteiger partial charge in [0, 0.05) is 60.5 Å². The Bertz CT molecular complexity index is 1830. The van der Waals surface area contributed by atoms with Crippen LogP contribution in [0.4, 0.5) is 14.5 Å². The molecule has 2 aliphatic rings. The predicted molar refractivity (Wildman–Crippen MR) is 157 cm³/mol. The lowest BCUT2D eigenvalue weighted by Gasteiger charge is -2.37. The molecule has 2 aromatic carbocycles. The Balaban J connectivity index is 1.18. The van der Waals surface area contributed by atoms with E-state index in [-0.39, 0.29) is 6.42 Å². The third-order valence-electron chi connectivity index (χ3n) is 8.38. The molecule has 0 bridgehead atoms. The number of pyridine rings is 1. The average molecular weight is 582 g/mol. The summed E-state index contributed by atoms with van der Waals surface area (Å²) in [7, 11) is 0. The van der Waals surface area contributed by atoms with Gasteiger partial charge in [0.25, 0.3) is 5.91 Å². The number of para-hydroxylation sites is 1. The van der Waals surface area contributed by atoms with Crippen molar-refractivity contribution >= 4 is 28.4 Å². The minimum Gasteiger partial charge on any atom is -0.348 e. The first-order valence-corrected chi connectivity index (χ1v) is 14.3. The van der Waals surface area contributed by atoms with E-state index in [9.17, 15) is 18.4 Å². The van der Waals surface area contributed by atoms with E-state index in [1.165, 1.54) is 0 Å². The Morgan fingerprint density at radius 3 is 2.65 bits per heavy atom. The molecule has 11 heteroatoms. The molecule has 43 heavy (non-hydrogen) atoms. The summed E-state index contributed by atoms with van der Waals surface area (Å²) in [4.78, 5) is 41.4. The van der Waals surface area contributed by atoms with E-state index in [1.807, 2.05) is 43.5 Å². The van der Waals surface area contributed by atoms with Crippen LogP contribution in [0.3, 0.4) is 0 Å². The average Bonchev–Trinajstić information content (AvgIpc) is 3.79. The van der Waals surface area contributed by atoms with Crippen molar-refractivity contribution in [3.63, 3.8) is 0 Å². The van der Waals surface area contributed by atoms with Gasteiger partial charge in [-0.05, 0) is 56.2 Å². The minimum atomic E-state index is -3.01. The van der Waals surface area contributed by atoms with Crippen molar-refractivity contribution in [1.82, 2.24) is 30.0 Å². The molecule has 0 spiro atoms. The monoisotopic (exact) mass is 581 g/mol. The number of amides is 2. The molecular formula is C32H29F2N7O2. The predicted octanol–water partition coefficient (Wildman–Crippen LogP) is 5.24. The maximum atomic E-state index is 14.8. The molecule has 218 valence electrons. The number of nitrogens with zero attached hydrogens (tertiary/aromatic N) is 5. The molecule has 1 saturated carbocycles. The number of alkyl halides is 2. The largest absolute Gasteiger partial charge is 0.348 e. The summed E-state index contributed by atoms with van der Waals surface area (Å²) in [5.74, 6) is -4.35. The van der Waals surface area contributed by atoms with Crippen LogP contribution in [0, 0.1) is 12.8 Å². The number of hydrogen-bond donors (Lipinski definition) is 2. The van der Waals surface area contributed by atoms with E-state index >= 15 is 0 Å². The fourth-order valence-electron chi connectivity index (χ4n) is 6.27. The van der Waals surface area contributed by atoms with E-state index in [0.29, 0.717) is 41.3 Å². The zero-order valence-electron chi connectivity index (χ0n) is 23.4. The number of nitrogens with one attached hydrogen (secondary N) is 2. The van der Waals surface area contributed by atoms with Crippen LogP contribution >= 0.6 is 0 Å². The molecule has 9 nitrogen and oxygen atoms in total. The summed E-state index contributed by atoms with van der Waals surface area (Å²) in [6, 6.07) is 15.5. The van der Waals surface area contributed by atoms with Crippen LogP contribution in [-0.4, -0.2) is 55.1 Å². The van der Waals surface area contributed by atoms with Gasteiger partial charge in [-0.25, -0.2) is 23.4 Å². The maximum Gasteiger partial charge on any atom is 0.251 e. The minimum absolute atomic E-state index is 0.00473. The lowest BCUT2D eigenvalue weighted by molar-refractivity contribution is -0.131. The van der Waals surface area contributed by atoms with Crippen molar-refractivity contribution in [3.05, 3.63) is 90.0 Å². The van der Waals surface area contributed by atoms with Gasteiger partial charge in [0.15, 0.2) is 5.82 Å². The van der Waals surface area contributed by atoms with Gasteiger partial charge in [-0.15, -0.1) is 0 Å². The highest BCUT2D eigenvalue weighted by molar-refractivity contribution is 6.08. The van der Waals surface area contributed by atoms with Gasteiger partial charge in [0.1, 0.15) is 5.69 Å². The van der Waals surface area contributed by atoms with Gasteiger partial charge in [-0.2, -0.15) is 5.10 Å². The molecule has 2 atom stereocenters. The molecule has 0 radical (unpaired) electrons. The summed E-state index contributed by atoms with van der Waals surface area (Å²) < 4.78 is 31.4. The summed E-state index contributed by atoms with van der Waals surface area (Å²) in [6.07, 6.45) is 4.65. The van der Waals surface area contributed by atoms with Crippen LogP contribution in [0.15, 0.2) is 73.2 Å². The number of carbonyl (C=O) groups is 2. The summed E-state index contributed by atoms with van der Waals surface area (Å²) in [5, 5.41) is 8.07. The van der Waals surface area contributed by atoms with Crippen molar-refractivity contribution in [3.8, 4) is 17.2 Å². The van der Waals surface area contributed by atoms with Crippen molar-refractivity contribution in [2.45, 2.75) is 44.6 Å². The number of aryl methyl sites for hydroxylation is 1. The Morgan fingerprint density at radius 1 is 1.09 bits per heavy atom. The van der Waals surface area contributed by atoms with Crippen molar-refractivity contribution in [1.29, 1.82) is 0 Å². The number of hydrogen-bond acceptors (Lipinski definition) is 5. The fraction of sp³-hybridized carbons (Fsp3) is 0.281. The second-order valence-electron chi connectivity index (χ2n) is 11.2. The number of fused-ring (bicyclic) bond motifs is 3. The lowest BCUT2D eigenvalue weighted by atomic mass is 9.81. The molecule has 2 amide bonds. The highest BCUT2D eigenvalue weighted by Crippen LogP contribution is 2.43. The number of imidazole rings is 1. The molecule has 1 fully saturated rings. The Morgan fingerprint density at radius 2 is 1.91 bits per heavy atom. The quantitative estimate of drug-likeness (QED) is 0.295. The molecule has 4 heterocycles. The highest BCUT2D eigenvalue weighted by Gasteiger charge is 2.47. The second-order valence-corrected chi connectivity index (χ2v) is 11.2. The van der Waals surface area contributed by atoms with Crippen LogP contribution < -0.4 is 10.2 Å². The van der Waals surface area contributed by atoms with Gasteiger partial charge in [-0.1, -0.05) is 18.2 Å². The van der Waals surface area contributed by atoms with E-state index in [2.05, 4.69) is 20.4 Å². The van der Waals surface area contributed by atoms with Crippen molar-refractivity contribution in [2.75, 3.05) is 11.4 Å². The first kappa shape index (κ1) is 26.9. The van der Waals surface area contributed by atoms with Crippen LogP contribution in [0.5, 0.6) is 0 Å². The highest BCUT2D eigenvalue weighted by atomic mass is 19.3. The summed E-state index contributed by atoms with van der Waals surface area (Å²) >= 11 is 0. The number of aromatic amines is 1. The molecule has 1 aliphatic carbocycles. The summed E-state index contributed by atoms with van der Waals surface area (Å²) in [5.41, 5.74) is 4.87. The summed E-state index contributed by atoms with van der Waals surface area (Å²) in [6.45, 7) is 2.22. The van der Waals surface area contributed by atoms with Crippen LogP contribution in [-0.2, 0) is 11.2 Å². The number of halogens is 2. The van der Waals surface area contributed by atoms with Crippen molar-refractivity contribution < 1.29 is 18.4 Å². The Hall–Kier alpha value is -4.93. The number of H-pyrrole nitrogens is 1.